The Labute approximate surface area is 229 Å². The highest BCUT2D eigenvalue weighted by atomic mass is 16.5. The zero-order valence-electron chi connectivity index (χ0n) is 24.1. The predicted octanol–water partition coefficient (Wildman–Crippen LogP) is 4.56. The van der Waals surface area contributed by atoms with E-state index in [0.29, 0.717) is 30.2 Å². The van der Waals surface area contributed by atoms with E-state index in [2.05, 4.69) is 17.1 Å². The molecule has 3 rings (SSSR count). The number of anilines is 1. The first-order valence-electron chi connectivity index (χ1n) is 14.5. The van der Waals surface area contributed by atoms with E-state index in [4.69, 9.17) is 9.47 Å². The SMILES string of the molecule is C[C@@H]1CCCCO[C@H](CN(C)C)[C@@H](C)CN([C@H](C)CO)C(=O)c2cc(NC(=O)C3CCCCC3)ccc2O1. The number of aliphatic hydroxyl groups excluding tert-OH is 1. The minimum Gasteiger partial charge on any atom is -0.490 e. The van der Waals surface area contributed by atoms with Gasteiger partial charge in [-0.25, -0.2) is 0 Å². The van der Waals surface area contributed by atoms with E-state index in [1.165, 1.54) is 6.42 Å². The molecule has 2 aliphatic rings. The van der Waals surface area contributed by atoms with Crippen molar-refractivity contribution in [3.05, 3.63) is 23.8 Å². The fraction of sp³-hybridized carbons (Fsp3) is 0.733. The average Bonchev–Trinajstić information content (AvgIpc) is 2.90. The van der Waals surface area contributed by atoms with Gasteiger partial charge in [0.1, 0.15) is 5.75 Å². The minimum absolute atomic E-state index is 0.0183. The van der Waals surface area contributed by atoms with Crippen LogP contribution in [-0.2, 0) is 9.53 Å². The summed E-state index contributed by atoms with van der Waals surface area (Å²) in [6, 6.07) is 4.98. The van der Waals surface area contributed by atoms with Crippen LogP contribution in [0, 0.1) is 11.8 Å². The lowest BCUT2D eigenvalue weighted by atomic mass is 9.88. The molecule has 0 aromatic heterocycles. The lowest BCUT2D eigenvalue weighted by Crippen LogP contribution is -2.47. The largest absolute Gasteiger partial charge is 0.490 e. The third-order valence-electron chi connectivity index (χ3n) is 7.84. The number of fused-ring (bicyclic) bond motifs is 1. The fourth-order valence-corrected chi connectivity index (χ4v) is 5.43. The number of carbonyl (C=O) groups is 2. The Morgan fingerprint density at radius 2 is 1.84 bits per heavy atom. The Morgan fingerprint density at radius 1 is 1.13 bits per heavy atom. The van der Waals surface area contributed by atoms with E-state index in [1.807, 2.05) is 34.0 Å². The topological polar surface area (TPSA) is 91.3 Å². The average molecular weight is 532 g/mol. The molecule has 8 heteroatoms. The molecular formula is C30H49N3O5. The second kappa shape index (κ2) is 14.8. The van der Waals surface area contributed by atoms with Gasteiger partial charge in [-0.2, -0.15) is 0 Å². The van der Waals surface area contributed by atoms with E-state index >= 15 is 0 Å². The lowest BCUT2D eigenvalue weighted by Gasteiger charge is -2.35. The Bertz CT molecular complexity index is 902. The summed E-state index contributed by atoms with van der Waals surface area (Å²) in [6.45, 7) is 7.68. The van der Waals surface area contributed by atoms with Gasteiger partial charge in [0.15, 0.2) is 0 Å². The normalized spacial score (nSPS) is 25.3. The Morgan fingerprint density at radius 3 is 2.53 bits per heavy atom. The number of aliphatic hydroxyl groups is 1. The number of carbonyl (C=O) groups excluding carboxylic acids is 2. The number of nitrogens with one attached hydrogen (secondary N) is 1. The first-order chi connectivity index (χ1) is 18.2. The van der Waals surface area contributed by atoms with Crippen molar-refractivity contribution in [3.8, 4) is 5.75 Å². The molecule has 2 N–H and O–H groups in total. The van der Waals surface area contributed by atoms with Crippen LogP contribution < -0.4 is 10.1 Å². The zero-order chi connectivity index (χ0) is 27.7. The van der Waals surface area contributed by atoms with Gasteiger partial charge in [0.05, 0.1) is 30.4 Å². The molecule has 0 unspecified atom stereocenters. The monoisotopic (exact) mass is 531 g/mol. The van der Waals surface area contributed by atoms with Crippen LogP contribution in [0.4, 0.5) is 5.69 Å². The van der Waals surface area contributed by atoms with Crippen LogP contribution in [0.5, 0.6) is 5.75 Å². The molecule has 1 heterocycles. The van der Waals surface area contributed by atoms with E-state index in [0.717, 1.165) is 51.5 Å². The summed E-state index contributed by atoms with van der Waals surface area (Å²) in [4.78, 5) is 30.9. The molecule has 214 valence electrons. The highest BCUT2D eigenvalue weighted by molar-refractivity contribution is 6.00. The highest BCUT2D eigenvalue weighted by Gasteiger charge is 2.30. The smallest absolute Gasteiger partial charge is 0.258 e. The third kappa shape index (κ3) is 8.68. The number of hydrogen-bond acceptors (Lipinski definition) is 6. The van der Waals surface area contributed by atoms with Crippen molar-refractivity contribution in [2.45, 2.75) is 90.4 Å². The van der Waals surface area contributed by atoms with Crippen LogP contribution in [-0.4, -0.2) is 85.4 Å². The summed E-state index contributed by atoms with van der Waals surface area (Å²) in [5.74, 6) is 0.389. The Balaban J connectivity index is 1.94. The number of benzene rings is 1. The minimum atomic E-state index is -0.386. The van der Waals surface area contributed by atoms with E-state index < -0.39 is 0 Å². The van der Waals surface area contributed by atoms with Gasteiger partial charge in [0, 0.05) is 37.2 Å². The maximum atomic E-state index is 14.1. The van der Waals surface area contributed by atoms with Crippen molar-refractivity contribution >= 4 is 17.5 Å². The molecular weight excluding hydrogens is 482 g/mol. The summed E-state index contributed by atoms with van der Waals surface area (Å²) < 4.78 is 12.6. The first-order valence-corrected chi connectivity index (χ1v) is 14.5. The lowest BCUT2D eigenvalue weighted by molar-refractivity contribution is -0.120. The first kappa shape index (κ1) is 30.4. The summed E-state index contributed by atoms with van der Waals surface area (Å²) in [7, 11) is 4.05. The molecule has 2 amide bonds. The van der Waals surface area contributed by atoms with Gasteiger partial charge < -0.3 is 29.7 Å². The third-order valence-corrected chi connectivity index (χ3v) is 7.84. The number of ether oxygens (including phenoxy) is 2. The molecule has 1 saturated carbocycles. The molecule has 1 aromatic rings. The number of likely N-dealkylation sites (N-methyl/N-ethyl adjacent to an activating group) is 1. The molecule has 1 aromatic carbocycles. The molecule has 8 nitrogen and oxygen atoms in total. The second-order valence-corrected chi connectivity index (χ2v) is 11.6. The van der Waals surface area contributed by atoms with Crippen molar-refractivity contribution in [2.75, 3.05) is 45.7 Å². The van der Waals surface area contributed by atoms with Crippen molar-refractivity contribution in [1.29, 1.82) is 0 Å². The van der Waals surface area contributed by atoms with Crippen LogP contribution in [0.1, 0.15) is 82.5 Å². The van der Waals surface area contributed by atoms with Gasteiger partial charge in [-0.05, 0) is 78.2 Å². The van der Waals surface area contributed by atoms with Crippen LogP contribution in [0.25, 0.3) is 0 Å². The Kier molecular flexibility index (Phi) is 11.9. The maximum Gasteiger partial charge on any atom is 0.258 e. The van der Waals surface area contributed by atoms with Gasteiger partial charge in [0.25, 0.3) is 5.91 Å². The summed E-state index contributed by atoms with van der Waals surface area (Å²) in [5, 5.41) is 13.1. The van der Waals surface area contributed by atoms with E-state index in [9.17, 15) is 14.7 Å². The molecule has 0 saturated heterocycles. The number of nitrogens with zero attached hydrogens (tertiary/aromatic N) is 2. The summed E-state index contributed by atoms with van der Waals surface area (Å²) >= 11 is 0. The van der Waals surface area contributed by atoms with Crippen LogP contribution >= 0.6 is 0 Å². The molecule has 4 atom stereocenters. The maximum absolute atomic E-state index is 14.1. The van der Waals surface area contributed by atoms with Gasteiger partial charge in [-0.15, -0.1) is 0 Å². The predicted molar refractivity (Wildman–Crippen MR) is 151 cm³/mol. The standard InChI is InChI=1S/C30H49N3O5/c1-21-18-33(22(2)20-34)30(36)26-17-25(31-29(35)24-12-7-6-8-13-24)14-15-27(26)38-23(3)11-9-10-16-37-28(21)19-32(4)5/h14-15,17,21-24,28,34H,6-13,16,18-20H2,1-5H3,(H,31,35)/t21-,22+,23+,28+/m0/s1. The molecule has 0 radical (unpaired) electrons. The molecule has 1 aliphatic heterocycles. The molecule has 0 spiro atoms. The van der Waals surface area contributed by atoms with Gasteiger partial charge >= 0.3 is 0 Å². The van der Waals surface area contributed by atoms with E-state index in [-0.39, 0.29) is 48.5 Å². The molecule has 0 bridgehead atoms. The van der Waals surface area contributed by atoms with Crippen LogP contribution in [0.3, 0.4) is 0 Å². The van der Waals surface area contributed by atoms with Crippen LogP contribution in [0.2, 0.25) is 0 Å². The van der Waals surface area contributed by atoms with Crippen molar-refractivity contribution in [2.24, 2.45) is 11.8 Å². The number of rotatable bonds is 6. The second-order valence-electron chi connectivity index (χ2n) is 11.6. The number of hydrogen-bond donors (Lipinski definition) is 2. The van der Waals surface area contributed by atoms with Crippen LogP contribution in [0.15, 0.2) is 18.2 Å². The van der Waals surface area contributed by atoms with Crippen molar-refractivity contribution in [1.82, 2.24) is 9.80 Å². The summed E-state index contributed by atoms with van der Waals surface area (Å²) in [5.41, 5.74) is 1.01. The van der Waals surface area contributed by atoms with Gasteiger partial charge in [-0.3, -0.25) is 9.59 Å². The molecule has 38 heavy (non-hydrogen) atoms. The Hall–Kier alpha value is -2.16. The summed E-state index contributed by atoms with van der Waals surface area (Å²) in [6.07, 6.45) is 7.81. The molecule has 1 aliphatic carbocycles. The number of amides is 2. The molecule has 1 fully saturated rings. The quantitative estimate of drug-likeness (QED) is 0.559. The fourth-order valence-electron chi connectivity index (χ4n) is 5.43. The highest BCUT2D eigenvalue weighted by Crippen LogP contribution is 2.30. The van der Waals surface area contributed by atoms with E-state index in [1.54, 1.807) is 17.0 Å². The zero-order valence-corrected chi connectivity index (χ0v) is 24.1. The van der Waals surface area contributed by atoms with Crippen molar-refractivity contribution < 1.29 is 24.2 Å². The van der Waals surface area contributed by atoms with Crippen molar-refractivity contribution in [3.63, 3.8) is 0 Å². The van der Waals surface area contributed by atoms with Gasteiger partial charge in [-0.1, -0.05) is 26.2 Å². The van der Waals surface area contributed by atoms with Gasteiger partial charge in [0.2, 0.25) is 5.91 Å².